The molecular formula is C54H82N16O20S2. The Balaban J connectivity index is 1.25. The van der Waals surface area contributed by atoms with Crippen LogP contribution in [0.4, 0.5) is 5.69 Å². The van der Waals surface area contributed by atoms with E-state index in [0.29, 0.717) is 19.1 Å². The number of carbonyl (C=O) groups is 12. The van der Waals surface area contributed by atoms with Crippen molar-refractivity contribution in [2.75, 3.05) is 51.6 Å². The molecule has 4 aliphatic rings. The number of nitrogens with one attached hydrogen (secondary N) is 10. The Morgan fingerprint density at radius 2 is 1.26 bits per heavy atom. The highest BCUT2D eigenvalue weighted by atomic mass is 33.1. The Morgan fingerprint density at radius 1 is 0.739 bits per heavy atom. The van der Waals surface area contributed by atoms with Gasteiger partial charge in [-0.1, -0.05) is 15.9 Å². The van der Waals surface area contributed by atoms with Crippen LogP contribution in [0.15, 0.2) is 28.5 Å². The monoisotopic (exact) mass is 1340 g/mol. The van der Waals surface area contributed by atoms with Gasteiger partial charge in [0.05, 0.1) is 30.7 Å². The normalized spacial score (nSPS) is 28.4. The molecule has 1 unspecified atom stereocenters. The second-order valence-corrected chi connectivity index (χ2v) is 24.5. The highest BCUT2D eigenvalue weighted by molar-refractivity contribution is 8.76. The zero-order valence-electron chi connectivity index (χ0n) is 51.1. The maximum absolute atomic E-state index is 14.0. The number of oxime groups is 1. The first kappa shape index (κ1) is 74.8. The number of aliphatic hydroxyl groups excluding tert-OH is 4. The lowest BCUT2D eigenvalue weighted by Gasteiger charge is -2.38. The number of ether oxygens (including phenoxy) is 1. The average molecular weight is 1340 g/mol. The standard InChI is InChI=1S/C54H82N16O20S2/c1-27-45(79)67-33(13-6-8-18-57-46(80)31(55)26-91-92-51-36(70(87)88)14-9-19-58-51)48(82)65-30(4)53(86)69-21-11-16-35(69)50(84)60-23-40(74)66-32(12-5-7-17-56-38(72)24-61-90-54-43(77)42(76)41(75)37(25-71)89-54)47(81)63-28(2)44(78)64-29(3)52(85)68-20-10-15-34(68)49(83)59-22-39(73)62-27/h9,14,19,24,27-35,37,41-43,54,71,75-77H,5-8,10-13,15-18,20-23,25-26,55H2,1-4H3,(H,56,72)(H,57,80)(H,59,83)(H,60,84)(H,62,73)(H,63,81)(H,64,78)(H,65,82)(H,66,74)(H,67,79)/b61-24+/t27-,28-,29-,30-,31?,32-,33-,34-,35-,37+,41+,42-,43-,54+/m0/s1. The summed E-state index contributed by atoms with van der Waals surface area (Å²) in [5.41, 5.74) is 5.86. The molecule has 0 spiro atoms. The summed E-state index contributed by atoms with van der Waals surface area (Å²) in [4.78, 5) is 184. The average Bonchev–Trinajstić information content (AvgIpc) is 1.78. The van der Waals surface area contributed by atoms with E-state index in [-0.39, 0.29) is 94.0 Å². The predicted molar refractivity (Wildman–Crippen MR) is 324 cm³/mol. The fourth-order valence-electron chi connectivity index (χ4n) is 9.93. The third-order valence-corrected chi connectivity index (χ3v) is 17.4. The molecule has 1 aromatic heterocycles. The minimum Gasteiger partial charge on any atom is -0.394 e. The van der Waals surface area contributed by atoms with Gasteiger partial charge in [0.15, 0.2) is 5.03 Å². The van der Waals surface area contributed by atoms with Crippen molar-refractivity contribution in [1.82, 2.24) is 68.0 Å². The van der Waals surface area contributed by atoms with E-state index >= 15 is 0 Å². The quantitative estimate of drug-likeness (QED) is 0.0190. The number of nitro groups is 1. The number of aromatic nitrogens is 1. The first-order valence-electron chi connectivity index (χ1n) is 29.9. The minimum absolute atomic E-state index is 0.0204. The van der Waals surface area contributed by atoms with E-state index in [0.717, 1.165) is 21.6 Å². The number of hydrogen-bond acceptors (Lipinski definition) is 25. The Labute approximate surface area is 535 Å². The van der Waals surface area contributed by atoms with Crippen molar-refractivity contribution in [3.63, 3.8) is 0 Å². The number of carbonyl (C=O) groups excluding carboxylic acids is 12. The number of aliphatic hydroxyl groups is 4. The van der Waals surface area contributed by atoms with Gasteiger partial charge in [0.2, 0.25) is 65.0 Å². The lowest BCUT2D eigenvalue weighted by atomic mass is 9.99. The van der Waals surface area contributed by atoms with E-state index in [1.54, 1.807) is 0 Å². The topological polar surface area (TPSA) is 525 Å². The van der Waals surface area contributed by atoms with Gasteiger partial charge in [0, 0.05) is 44.2 Å². The summed E-state index contributed by atoms with van der Waals surface area (Å²) in [7, 11) is 2.08. The molecule has 4 aliphatic heterocycles. The zero-order chi connectivity index (χ0) is 67.8. The van der Waals surface area contributed by atoms with Gasteiger partial charge in [-0.2, -0.15) is 0 Å². The molecule has 0 saturated carbocycles. The number of pyridine rings is 1. The van der Waals surface area contributed by atoms with Crippen molar-refractivity contribution in [2.24, 2.45) is 10.9 Å². The third kappa shape index (κ3) is 22.5. The number of unbranched alkanes of at least 4 members (excludes halogenated alkanes) is 2. The molecule has 12 amide bonds. The van der Waals surface area contributed by atoms with Gasteiger partial charge in [0.1, 0.15) is 79.0 Å². The summed E-state index contributed by atoms with van der Waals surface area (Å²) < 4.78 is 5.16. The summed E-state index contributed by atoms with van der Waals surface area (Å²) in [6.07, 6.45) is -4.33. The van der Waals surface area contributed by atoms with Crippen LogP contribution in [0.3, 0.4) is 0 Å². The molecule has 0 aromatic carbocycles. The van der Waals surface area contributed by atoms with Crippen LogP contribution >= 0.6 is 21.6 Å². The lowest BCUT2D eigenvalue weighted by Crippen LogP contribution is -2.58. The fraction of sp³-hybridized carbons (Fsp3) is 0.667. The molecule has 5 heterocycles. The van der Waals surface area contributed by atoms with Crippen LogP contribution < -0.4 is 58.9 Å². The van der Waals surface area contributed by atoms with Crippen molar-refractivity contribution >= 4 is 104 Å². The van der Waals surface area contributed by atoms with Crippen LogP contribution in [0, 0.1) is 10.1 Å². The highest BCUT2D eigenvalue weighted by Crippen LogP contribution is 2.35. The maximum Gasteiger partial charge on any atom is 0.302 e. The summed E-state index contributed by atoms with van der Waals surface area (Å²) in [6.45, 7) is 3.52. The maximum atomic E-state index is 14.0. The van der Waals surface area contributed by atoms with Crippen LogP contribution in [0.2, 0.25) is 0 Å². The largest absolute Gasteiger partial charge is 0.394 e. The van der Waals surface area contributed by atoms with Gasteiger partial charge in [-0.05, 0) is 109 Å². The van der Waals surface area contributed by atoms with E-state index in [9.17, 15) is 88.1 Å². The Bertz CT molecular complexity index is 2840. The molecular weight excluding hydrogens is 1260 g/mol. The van der Waals surface area contributed by atoms with Crippen molar-refractivity contribution in [1.29, 1.82) is 0 Å². The van der Waals surface area contributed by atoms with E-state index in [1.807, 2.05) is 0 Å². The summed E-state index contributed by atoms with van der Waals surface area (Å²) in [6, 6.07) is -8.34. The molecule has 4 saturated heterocycles. The molecule has 0 radical (unpaired) electrons. The van der Waals surface area contributed by atoms with Gasteiger partial charge >= 0.3 is 5.69 Å². The smallest absolute Gasteiger partial charge is 0.302 e. The van der Waals surface area contributed by atoms with Crippen LogP contribution in [-0.4, -0.2) is 254 Å². The summed E-state index contributed by atoms with van der Waals surface area (Å²) in [5, 5.41) is 79.7. The number of nitrogens with two attached hydrogens (primary N) is 1. The molecule has 510 valence electrons. The van der Waals surface area contributed by atoms with E-state index in [1.165, 1.54) is 55.8 Å². The molecule has 16 N–H and O–H groups in total. The number of fused-ring (bicyclic) bond motifs is 2. The van der Waals surface area contributed by atoms with Crippen molar-refractivity contribution in [2.45, 2.75) is 182 Å². The summed E-state index contributed by atoms with van der Waals surface area (Å²) in [5.74, 6) is -9.12. The van der Waals surface area contributed by atoms with Crippen LogP contribution in [-0.2, 0) is 67.1 Å². The molecule has 1 aromatic rings. The molecule has 0 aliphatic carbocycles. The van der Waals surface area contributed by atoms with E-state index in [2.05, 4.69) is 63.3 Å². The predicted octanol–water partition coefficient (Wildman–Crippen LogP) is -6.35. The van der Waals surface area contributed by atoms with Gasteiger partial charge in [-0.3, -0.25) is 67.6 Å². The lowest BCUT2D eigenvalue weighted by molar-refractivity contribution is -0.388. The van der Waals surface area contributed by atoms with Gasteiger partial charge in [0.25, 0.3) is 12.2 Å². The summed E-state index contributed by atoms with van der Waals surface area (Å²) >= 11 is 0. The molecule has 38 heteroatoms. The number of nitrogens with zero attached hydrogens (tertiary/aromatic N) is 5. The number of amides is 12. The number of hydrogen-bond donors (Lipinski definition) is 15. The van der Waals surface area contributed by atoms with Gasteiger partial charge < -0.3 is 98.7 Å². The molecule has 36 nitrogen and oxygen atoms in total. The van der Waals surface area contributed by atoms with Crippen molar-refractivity contribution in [3.8, 4) is 0 Å². The molecule has 0 bridgehead atoms. The second kappa shape index (κ2) is 37.0. The fourth-order valence-corrected chi connectivity index (χ4v) is 12.1. The van der Waals surface area contributed by atoms with Crippen LogP contribution in [0.25, 0.3) is 0 Å². The van der Waals surface area contributed by atoms with E-state index in [4.69, 9.17) is 15.3 Å². The first-order chi connectivity index (χ1) is 43.7. The van der Waals surface area contributed by atoms with Crippen molar-refractivity contribution < 1.29 is 92.5 Å². The first-order valence-corrected chi connectivity index (χ1v) is 32.2. The van der Waals surface area contributed by atoms with Crippen molar-refractivity contribution in [3.05, 3.63) is 28.4 Å². The van der Waals surface area contributed by atoms with E-state index < -0.39 is 181 Å². The highest BCUT2D eigenvalue weighted by Gasteiger charge is 2.45. The zero-order valence-corrected chi connectivity index (χ0v) is 52.7. The minimum atomic E-state index is -1.78. The SMILES string of the molecule is C[C@@H]1NC(=O)CNC(=O)[C@@H]2CCCN2C(=O)[C@H](C)NC(=O)[C@H](C)NC(=O)[C@H](CCCCNC(=O)/C=N/O[C@H]2O[C@H](CO)[C@@H](O)[C@H](O)[C@@H]2O)NC(=O)CNC(=O)[C@@H]2CCCN2C(=O)[C@H](C)NC(=O)[C@H](CCCCNC(=O)C(N)CSSc2ncccc2[N+](=O)[O-])NC1=O. The molecule has 92 heavy (non-hydrogen) atoms. The van der Waals surface area contributed by atoms with Gasteiger partial charge in [-0.25, -0.2) is 4.98 Å². The second-order valence-electron chi connectivity index (χ2n) is 22.1. The van der Waals surface area contributed by atoms with Crippen LogP contribution in [0.1, 0.15) is 91.9 Å². The van der Waals surface area contributed by atoms with Gasteiger partial charge in [-0.15, -0.1) is 0 Å². The Morgan fingerprint density at radius 3 is 1.84 bits per heavy atom. The van der Waals surface area contributed by atoms with Crippen LogP contribution in [0.5, 0.6) is 0 Å². The Kier molecular flexibility index (Phi) is 30.1. The molecule has 4 fully saturated rings. The molecule has 5 rings (SSSR count). The third-order valence-electron chi connectivity index (χ3n) is 15.1. The Hall–Kier alpha value is -7.88. The number of rotatable bonds is 20. The molecule has 14 atom stereocenters.